The number of aromatic nitrogens is 1. The number of aromatic amines is 1. The smallest absolute Gasteiger partial charge is 0.223 e. The summed E-state index contributed by atoms with van der Waals surface area (Å²) in [6.07, 6.45) is 5.87. The second-order valence-corrected chi connectivity index (χ2v) is 5.61. The van der Waals surface area contributed by atoms with Crippen LogP contribution in [0.15, 0.2) is 12.3 Å². The molecular formula is C14H20N2O. The van der Waals surface area contributed by atoms with E-state index in [0.717, 1.165) is 32.2 Å². The number of fused-ring (bicyclic) bond motifs is 3. The molecule has 1 amide bonds. The molecule has 1 atom stereocenters. The molecule has 3 rings (SSSR count). The minimum Gasteiger partial charge on any atom is -0.363 e. The fourth-order valence-corrected chi connectivity index (χ4v) is 3.72. The van der Waals surface area contributed by atoms with Crippen molar-refractivity contribution in [3.8, 4) is 0 Å². The van der Waals surface area contributed by atoms with Gasteiger partial charge in [-0.15, -0.1) is 0 Å². The molecular weight excluding hydrogens is 212 g/mol. The van der Waals surface area contributed by atoms with Crippen molar-refractivity contribution in [2.75, 3.05) is 6.54 Å². The average Bonchev–Trinajstić information content (AvgIpc) is 2.77. The van der Waals surface area contributed by atoms with E-state index < -0.39 is 0 Å². The first kappa shape index (κ1) is 10.9. The maximum atomic E-state index is 12.2. The number of hydrogen-bond donors (Lipinski definition) is 1. The maximum Gasteiger partial charge on any atom is 0.223 e. The number of amides is 1. The average molecular weight is 232 g/mol. The molecule has 1 aromatic rings. The fourth-order valence-electron chi connectivity index (χ4n) is 3.72. The molecule has 3 heterocycles. The van der Waals surface area contributed by atoms with Crippen LogP contribution in [0.1, 0.15) is 44.4 Å². The first-order valence-corrected chi connectivity index (χ1v) is 6.63. The van der Waals surface area contributed by atoms with E-state index >= 15 is 0 Å². The molecule has 0 unspecified atom stereocenters. The van der Waals surface area contributed by atoms with Crippen molar-refractivity contribution < 1.29 is 4.79 Å². The summed E-state index contributed by atoms with van der Waals surface area (Å²) >= 11 is 0. The molecule has 17 heavy (non-hydrogen) atoms. The van der Waals surface area contributed by atoms with Gasteiger partial charge in [-0.25, -0.2) is 0 Å². The third kappa shape index (κ3) is 1.31. The molecule has 0 saturated carbocycles. The normalized spacial score (nSPS) is 28.2. The molecule has 1 N–H and O–H groups in total. The highest BCUT2D eigenvalue weighted by Gasteiger charge is 2.49. The molecule has 0 radical (unpaired) electrons. The molecule has 0 aliphatic carbocycles. The van der Waals surface area contributed by atoms with Crippen LogP contribution >= 0.6 is 0 Å². The van der Waals surface area contributed by atoms with Gasteiger partial charge < -0.3 is 9.88 Å². The first-order valence-electron chi connectivity index (χ1n) is 6.63. The molecule has 1 fully saturated rings. The maximum absolute atomic E-state index is 12.2. The minimum atomic E-state index is -0.0631. The Kier molecular flexibility index (Phi) is 2.32. The highest BCUT2D eigenvalue weighted by Crippen LogP contribution is 2.46. The third-order valence-corrected chi connectivity index (χ3v) is 4.56. The molecule has 0 bridgehead atoms. The topological polar surface area (TPSA) is 36.1 Å². The van der Waals surface area contributed by atoms with Gasteiger partial charge in [0, 0.05) is 24.9 Å². The number of nitrogens with one attached hydrogen (secondary N) is 1. The Labute approximate surface area is 102 Å². The fraction of sp³-hybridized carbons (Fsp3) is 0.643. The number of carbonyl (C=O) groups is 1. The Balaban J connectivity index is 2.16. The summed E-state index contributed by atoms with van der Waals surface area (Å²) in [5, 5.41) is 0. The van der Waals surface area contributed by atoms with Crippen molar-refractivity contribution in [2.24, 2.45) is 5.92 Å². The molecule has 2 aliphatic rings. The van der Waals surface area contributed by atoms with Crippen molar-refractivity contribution in [1.82, 2.24) is 9.88 Å². The molecule has 3 nitrogen and oxygen atoms in total. The zero-order chi connectivity index (χ0) is 12.0. The Bertz CT molecular complexity index is 449. The van der Waals surface area contributed by atoms with Crippen molar-refractivity contribution in [3.05, 3.63) is 23.5 Å². The summed E-state index contributed by atoms with van der Waals surface area (Å²) in [6, 6.07) is 2.18. The van der Waals surface area contributed by atoms with Crippen LogP contribution in [0.25, 0.3) is 0 Å². The minimum absolute atomic E-state index is 0.0631. The lowest BCUT2D eigenvalue weighted by atomic mass is 9.71. The molecule has 0 spiro atoms. The second kappa shape index (κ2) is 3.62. The SMILES string of the molecule is CC(C)[C@]12CCCC(=O)N1CCc1cc[nH]c12. The number of H-pyrrole nitrogens is 1. The number of piperidine rings is 1. The molecule has 1 saturated heterocycles. The molecule has 92 valence electrons. The van der Waals surface area contributed by atoms with Gasteiger partial charge in [0.05, 0.1) is 5.54 Å². The summed E-state index contributed by atoms with van der Waals surface area (Å²) < 4.78 is 0. The predicted molar refractivity (Wildman–Crippen MR) is 66.6 cm³/mol. The van der Waals surface area contributed by atoms with Gasteiger partial charge in [-0.2, -0.15) is 0 Å². The van der Waals surface area contributed by atoms with Crippen molar-refractivity contribution >= 4 is 5.91 Å². The van der Waals surface area contributed by atoms with E-state index in [1.807, 2.05) is 6.20 Å². The Morgan fingerprint density at radius 3 is 3.00 bits per heavy atom. The van der Waals surface area contributed by atoms with Crippen LogP contribution in [0.5, 0.6) is 0 Å². The van der Waals surface area contributed by atoms with Crippen LogP contribution in [0.4, 0.5) is 0 Å². The largest absolute Gasteiger partial charge is 0.363 e. The van der Waals surface area contributed by atoms with Gasteiger partial charge in [-0.05, 0) is 36.8 Å². The van der Waals surface area contributed by atoms with Crippen LogP contribution in [0, 0.1) is 5.92 Å². The van der Waals surface area contributed by atoms with Crippen molar-refractivity contribution in [2.45, 2.75) is 45.1 Å². The van der Waals surface area contributed by atoms with Gasteiger partial charge in [0.25, 0.3) is 0 Å². The van der Waals surface area contributed by atoms with Gasteiger partial charge in [-0.3, -0.25) is 4.79 Å². The molecule has 0 aromatic carbocycles. The zero-order valence-electron chi connectivity index (χ0n) is 10.6. The van der Waals surface area contributed by atoms with E-state index in [1.165, 1.54) is 11.3 Å². The van der Waals surface area contributed by atoms with Crippen LogP contribution in [-0.2, 0) is 16.8 Å². The number of carbonyl (C=O) groups excluding carboxylic acids is 1. The highest BCUT2D eigenvalue weighted by molar-refractivity contribution is 5.78. The van der Waals surface area contributed by atoms with Crippen molar-refractivity contribution in [3.63, 3.8) is 0 Å². The Morgan fingerprint density at radius 1 is 1.41 bits per heavy atom. The standard InChI is InChI=1S/C14H20N2O/c1-10(2)14-7-3-4-12(17)16(14)9-6-11-5-8-15-13(11)14/h5,8,10,15H,3-4,6-7,9H2,1-2H3/t14-/m0/s1. The van der Waals surface area contributed by atoms with Gasteiger partial charge >= 0.3 is 0 Å². The van der Waals surface area contributed by atoms with E-state index in [4.69, 9.17) is 0 Å². The van der Waals surface area contributed by atoms with E-state index in [0.29, 0.717) is 11.8 Å². The van der Waals surface area contributed by atoms with E-state index in [-0.39, 0.29) is 5.54 Å². The van der Waals surface area contributed by atoms with Gasteiger partial charge in [0.15, 0.2) is 0 Å². The van der Waals surface area contributed by atoms with Crippen LogP contribution in [0.3, 0.4) is 0 Å². The predicted octanol–water partition coefficient (Wildman–Crippen LogP) is 2.43. The molecule has 1 aromatic heterocycles. The third-order valence-electron chi connectivity index (χ3n) is 4.56. The Morgan fingerprint density at radius 2 is 2.24 bits per heavy atom. The summed E-state index contributed by atoms with van der Waals surface area (Å²) in [7, 11) is 0. The number of nitrogens with zero attached hydrogens (tertiary/aromatic N) is 1. The number of hydrogen-bond acceptors (Lipinski definition) is 1. The monoisotopic (exact) mass is 232 g/mol. The Hall–Kier alpha value is -1.25. The zero-order valence-corrected chi connectivity index (χ0v) is 10.6. The van der Waals surface area contributed by atoms with Crippen LogP contribution in [-0.4, -0.2) is 22.3 Å². The summed E-state index contributed by atoms with van der Waals surface area (Å²) in [4.78, 5) is 17.7. The van der Waals surface area contributed by atoms with E-state index in [9.17, 15) is 4.79 Å². The molecule has 3 heteroatoms. The van der Waals surface area contributed by atoms with Crippen LogP contribution < -0.4 is 0 Å². The van der Waals surface area contributed by atoms with Crippen molar-refractivity contribution in [1.29, 1.82) is 0 Å². The summed E-state index contributed by atoms with van der Waals surface area (Å²) in [6.45, 7) is 5.37. The first-order chi connectivity index (χ1) is 8.16. The lowest BCUT2D eigenvalue weighted by Gasteiger charge is -2.52. The summed E-state index contributed by atoms with van der Waals surface area (Å²) in [5.41, 5.74) is 2.64. The summed E-state index contributed by atoms with van der Waals surface area (Å²) in [5.74, 6) is 0.801. The lowest BCUT2D eigenvalue weighted by molar-refractivity contribution is -0.147. The quantitative estimate of drug-likeness (QED) is 0.793. The van der Waals surface area contributed by atoms with E-state index in [2.05, 4.69) is 29.8 Å². The lowest BCUT2D eigenvalue weighted by Crippen LogP contribution is -2.58. The molecule has 2 aliphatic heterocycles. The van der Waals surface area contributed by atoms with E-state index in [1.54, 1.807) is 0 Å². The van der Waals surface area contributed by atoms with Crippen LogP contribution in [0.2, 0.25) is 0 Å². The highest BCUT2D eigenvalue weighted by atomic mass is 16.2. The number of rotatable bonds is 1. The second-order valence-electron chi connectivity index (χ2n) is 5.61. The van der Waals surface area contributed by atoms with Gasteiger partial charge in [-0.1, -0.05) is 13.8 Å². The van der Waals surface area contributed by atoms with Gasteiger partial charge in [0.1, 0.15) is 0 Å². The van der Waals surface area contributed by atoms with Gasteiger partial charge in [0.2, 0.25) is 5.91 Å².